The first-order chi connectivity index (χ1) is 14.6. The van der Waals surface area contributed by atoms with Gasteiger partial charge in [-0.3, -0.25) is 9.69 Å². The fraction of sp³-hybridized carbons (Fsp3) is 0.320. The minimum absolute atomic E-state index is 0.137. The number of rotatable bonds is 4. The monoisotopic (exact) mass is 402 g/mol. The largest absolute Gasteiger partial charge is 0.384 e. The van der Waals surface area contributed by atoms with E-state index in [0.717, 1.165) is 41.3 Å². The van der Waals surface area contributed by atoms with E-state index in [1.165, 1.54) is 0 Å². The number of aliphatic hydroxyl groups excluding tert-OH is 1. The molecular formula is C25H26N2O3. The SMILES string of the molecule is O=C1c2cccc3cccc(c23)C(O)N1CCN1CCCC(O)(c2ccccc2)C1. The van der Waals surface area contributed by atoms with Crippen molar-refractivity contribution in [1.82, 2.24) is 9.80 Å². The van der Waals surface area contributed by atoms with E-state index in [9.17, 15) is 15.0 Å². The van der Waals surface area contributed by atoms with Gasteiger partial charge in [0.2, 0.25) is 0 Å². The first-order valence-electron chi connectivity index (χ1n) is 10.6. The maximum Gasteiger partial charge on any atom is 0.256 e. The molecular weight excluding hydrogens is 376 g/mol. The summed E-state index contributed by atoms with van der Waals surface area (Å²) in [6, 6.07) is 21.3. The highest BCUT2D eigenvalue weighted by Gasteiger charge is 2.36. The number of hydrogen-bond acceptors (Lipinski definition) is 4. The van der Waals surface area contributed by atoms with E-state index in [1.54, 1.807) is 4.90 Å². The second-order valence-corrected chi connectivity index (χ2v) is 8.40. The highest BCUT2D eigenvalue weighted by Crippen LogP contribution is 2.36. The molecule has 1 fully saturated rings. The molecule has 5 heteroatoms. The van der Waals surface area contributed by atoms with Crippen molar-refractivity contribution >= 4 is 16.7 Å². The van der Waals surface area contributed by atoms with Crippen LogP contribution in [0.15, 0.2) is 66.7 Å². The van der Waals surface area contributed by atoms with Crippen molar-refractivity contribution in [3.05, 3.63) is 83.4 Å². The van der Waals surface area contributed by atoms with Gasteiger partial charge in [0.15, 0.2) is 6.23 Å². The van der Waals surface area contributed by atoms with Crippen LogP contribution in [0, 0.1) is 0 Å². The zero-order chi connectivity index (χ0) is 20.7. The molecule has 0 spiro atoms. The Kier molecular flexibility index (Phi) is 4.82. The number of piperidine rings is 1. The molecule has 2 atom stereocenters. The van der Waals surface area contributed by atoms with Gasteiger partial charge in [0, 0.05) is 36.1 Å². The summed E-state index contributed by atoms with van der Waals surface area (Å²) in [5.74, 6) is -0.137. The number of β-amino-alcohol motifs (C(OH)–C–C–N with tert-alkyl or cyclic N) is 1. The Balaban J connectivity index is 1.34. The molecule has 1 amide bonds. The topological polar surface area (TPSA) is 64.0 Å². The molecule has 3 aromatic carbocycles. The van der Waals surface area contributed by atoms with Crippen molar-refractivity contribution < 1.29 is 15.0 Å². The minimum atomic E-state index is -0.950. The number of benzene rings is 3. The second kappa shape index (κ2) is 7.51. The number of carbonyl (C=O) groups is 1. The molecule has 2 N–H and O–H groups in total. The van der Waals surface area contributed by atoms with E-state index in [1.807, 2.05) is 66.7 Å². The number of aliphatic hydroxyl groups is 2. The number of likely N-dealkylation sites (tertiary alicyclic amines) is 1. The van der Waals surface area contributed by atoms with E-state index in [-0.39, 0.29) is 5.91 Å². The van der Waals surface area contributed by atoms with Crippen LogP contribution in [-0.4, -0.2) is 52.1 Å². The first-order valence-corrected chi connectivity index (χ1v) is 10.6. The molecule has 3 aromatic rings. The molecule has 0 saturated carbocycles. The lowest BCUT2D eigenvalue weighted by molar-refractivity contribution is -0.0431. The maximum absolute atomic E-state index is 13.1. The van der Waals surface area contributed by atoms with E-state index < -0.39 is 11.8 Å². The second-order valence-electron chi connectivity index (χ2n) is 8.40. The van der Waals surface area contributed by atoms with Crippen molar-refractivity contribution in [2.24, 2.45) is 0 Å². The Morgan fingerprint density at radius 1 is 0.967 bits per heavy atom. The van der Waals surface area contributed by atoms with Crippen LogP contribution < -0.4 is 0 Å². The van der Waals surface area contributed by atoms with Crippen molar-refractivity contribution in [2.45, 2.75) is 24.7 Å². The lowest BCUT2D eigenvalue weighted by atomic mass is 9.86. The van der Waals surface area contributed by atoms with Crippen molar-refractivity contribution in [1.29, 1.82) is 0 Å². The van der Waals surface area contributed by atoms with E-state index >= 15 is 0 Å². The highest BCUT2D eigenvalue weighted by molar-refractivity contribution is 6.10. The van der Waals surface area contributed by atoms with E-state index in [4.69, 9.17) is 0 Å². The van der Waals surface area contributed by atoms with Crippen molar-refractivity contribution in [3.8, 4) is 0 Å². The van der Waals surface area contributed by atoms with Gasteiger partial charge in [-0.2, -0.15) is 0 Å². The highest BCUT2D eigenvalue weighted by atomic mass is 16.3. The summed E-state index contributed by atoms with van der Waals surface area (Å²) in [7, 11) is 0. The van der Waals surface area contributed by atoms with Gasteiger partial charge >= 0.3 is 0 Å². The van der Waals surface area contributed by atoms with Gasteiger partial charge < -0.3 is 15.1 Å². The molecule has 2 unspecified atom stereocenters. The molecule has 5 nitrogen and oxygen atoms in total. The van der Waals surface area contributed by atoms with Crippen LogP contribution in [-0.2, 0) is 5.60 Å². The third-order valence-corrected chi connectivity index (χ3v) is 6.52. The Labute approximate surface area is 176 Å². The first kappa shape index (κ1) is 19.2. The van der Waals surface area contributed by atoms with Crippen LogP contribution in [0.2, 0.25) is 0 Å². The molecule has 30 heavy (non-hydrogen) atoms. The molecule has 2 heterocycles. The zero-order valence-corrected chi connectivity index (χ0v) is 16.9. The van der Waals surface area contributed by atoms with Gasteiger partial charge in [0.1, 0.15) is 5.60 Å². The molecule has 154 valence electrons. The normalized spacial score (nSPS) is 24.4. The number of carbonyl (C=O) groups excluding carboxylic acids is 1. The molecule has 2 aliphatic heterocycles. The van der Waals surface area contributed by atoms with Gasteiger partial charge in [-0.05, 0) is 36.4 Å². The van der Waals surface area contributed by atoms with Crippen LogP contribution in [0.4, 0.5) is 0 Å². The summed E-state index contributed by atoms with van der Waals surface area (Å²) in [5.41, 5.74) is 1.49. The lowest BCUT2D eigenvalue weighted by Gasteiger charge is -2.41. The van der Waals surface area contributed by atoms with Crippen molar-refractivity contribution in [2.75, 3.05) is 26.2 Å². The Bertz CT molecular complexity index is 1080. The quantitative estimate of drug-likeness (QED) is 0.703. The number of amides is 1. The predicted molar refractivity (Wildman–Crippen MR) is 116 cm³/mol. The van der Waals surface area contributed by atoms with Crippen LogP contribution in [0.25, 0.3) is 10.8 Å². The summed E-state index contributed by atoms with van der Waals surface area (Å²) in [6.07, 6.45) is 0.673. The fourth-order valence-corrected chi connectivity index (χ4v) is 4.97. The van der Waals surface area contributed by atoms with Crippen molar-refractivity contribution in [3.63, 3.8) is 0 Å². The Hall–Kier alpha value is -2.73. The maximum atomic E-state index is 13.1. The number of hydrogen-bond donors (Lipinski definition) is 2. The third-order valence-electron chi connectivity index (χ3n) is 6.52. The zero-order valence-electron chi connectivity index (χ0n) is 16.9. The molecule has 1 saturated heterocycles. The molecule has 0 radical (unpaired) electrons. The Morgan fingerprint density at radius 2 is 1.73 bits per heavy atom. The van der Waals surface area contributed by atoms with Gasteiger partial charge in [-0.25, -0.2) is 0 Å². The fourth-order valence-electron chi connectivity index (χ4n) is 4.97. The molecule has 2 aliphatic rings. The molecule has 0 aromatic heterocycles. The van der Waals surface area contributed by atoms with Gasteiger partial charge in [-0.1, -0.05) is 60.7 Å². The Morgan fingerprint density at radius 3 is 2.53 bits per heavy atom. The molecule has 0 aliphatic carbocycles. The summed E-state index contributed by atoms with van der Waals surface area (Å²) < 4.78 is 0. The van der Waals surface area contributed by atoms with Crippen LogP contribution in [0.1, 0.15) is 40.6 Å². The minimum Gasteiger partial charge on any atom is -0.384 e. The summed E-state index contributed by atoms with van der Waals surface area (Å²) in [4.78, 5) is 16.9. The van der Waals surface area contributed by atoms with E-state index in [0.29, 0.717) is 25.2 Å². The summed E-state index contributed by atoms with van der Waals surface area (Å²) in [6.45, 7) is 2.42. The molecule has 0 bridgehead atoms. The molecule has 5 rings (SSSR count). The summed E-state index contributed by atoms with van der Waals surface area (Å²) >= 11 is 0. The number of nitrogens with zero attached hydrogens (tertiary/aromatic N) is 2. The average molecular weight is 402 g/mol. The van der Waals surface area contributed by atoms with Gasteiger partial charge in [0.05, 0.1) is 0 Å². The van der Waals surface area contributed by atoms with Crippen LogP contribution in [0.3, 0.4) is 0 Å². The summed E-state index contributed by atoms with van der Waals surface area (Å²) in [5, 5.41) is 24.0. The lowest BCUT2D eigenvalue weighted by Crippen LogP contribution is -2.49. The smallest absolute Gasteiger partial charge is 0.256 e. The standard InChI is InChI=1S/C25H26N2O3/c28-23-20-11-4-7-18-8-5-12-21(22(18)20)24(29)27(23)16-15-26-14-6-13-25(30,17-26)19-9-2-1-3-10-19/h1-5,7-12,23,28,30H,6,13-17H2. The van der Waals surface area contributed by atoms with Gasteiger partial charge in [-0.15, -0.1) is 0 Å². The third kappa shape index (κ3) is 3.19. The van der Waals surface area contributed by atoms with E-state index in [2.05, 4.69) is 4.90 Å². The van der Waals surface area contributed by atoms with Crippen LogP contribution in [0.5, 0.6) is 0 Å². The van der Waals surface area contributed by atoms with Crippen LogP contribution >= 0.6 is 0 Å². The van der Waals surface area contributed by atoms with Gasteiger partial charge in [0.25, 0.3) is 5.91 Å². The average Bonchev–Trinajstić information content (AvgIpc) is 2.78. The predicted octanol–water partition coefficient (Wildman–Crippen LogP) is 3.27.